The molecule has 0 fully saturated rings. The zero-order chi connectivity index (χ0) is 24.2. The minimum atomic E-state index is -4.80. The van der Waals surface area contributed by atoms with Crippen molar-refractivity contribution >= 4 is 27.3 Å². The van der Waals surface area contributed by atoms with Crippen LogP contribution in [0.2, 0.25) is 0 Å². The first-order valence-corrected chi connectivity index (χ1v) is 11.6. The van der Waals surface area contributed by atoms with E-state index in [1.165, 1.54) is 40.7 Å². The maximum Gasteiger partial charge on any atom is 0.573 e. The molecule has 174 valence electrons. The SMILES string of the molecule is Cc1ccc(CN(c2ccc(C(=O)Nc3ccc(OC(F)(F)F)cc3)cc2)S(C)(=O)=O)cc1. The van der Waals surface area contributed by atoms with Gasteiger partial charge in [-0.1, -0.05) is 29.8 Å². The summed E-state index contributed by atoms with van der Waals surface area (Å²) in [6.45, 7) is 2.07. The number of alkyl halides is 3. The highest BCUT2D eigenvalue weighted by Crippen LogP contribution is 2.25. The largest absolute Gasteiger partial charge is 0.573 e. The molecule has 3 rings (SSSR count). The van der Waals surface area contributed by atoms with Crippen LogP contribution in [0, 0.1) is 6.92 Å². The Balaban J connectivity index is 1.72. The molecule has 10 heteroatoms. The summed E-state index contributed by atoms with van der Waals surface area (Å²) < 4.78 is 66.4. The van der Waals surface area contributed by atoms with Gasteiger partial charge in [0.05, 0.1) is 18.5 Å². The Morgan fingerprint density at radius 2 is 1.52 bits per heavy atom. The van der Waals surface area contributed by atoms with E-state index in [9.17, 15) is 26.4 Å². The molecule has 3 aromatic carbocycles. The average Bonchev–Trinajstić information content (AvgIpc) is 2.73. The lowest BCUT2D eigenvalue weighted by Gasteiger charge is -2.23. The maximum atomic E-state index is 12.5. The molecule has 3 aromatic rings. The van der Waals surface area contributed by atoms with Crippen LogP contribution in [0.25, 0.3) is 0 Å². The highest BCUT2D eigenvalue weighted by Gasteiger charge is 2.31. The number of amides is 1. The molecule has 0 unspecified atom stereocenters. The number of nitrogens with one attached hydrogen (secondary N) is 1. The van der Waals surface area contributed by atoms with E-state index in [4.69, 9.17) is 0 Å². The number of sulfonamides is 1. The van der Waals surface area contributed by atoms with Crippen LogP contribution in [0.4, 0.5) is 24.5 Å². The molecule has 0 aliphatic carbocycles. The van der Waals surface area contributed by atoms with Crippen LogP contribution >= 0.6 is 0 Å². The van der Waals surface area contributed by atoms with Gasteiger partial charge in [-0.3, -0.25) is 9.10 Å². The normalized spacial score (nSPS) is 11.7. The van der Waals surface area contributed by atoms with Crippen molar-refractivity contribution in [1.29, 1.82) is 0 Å². The number of anilines is 2. The molecule has 0 spiro atoms. The van der Waals surface area contributed by atoms with Crippen LogP contribution in [0.15, 0.2) is 72.8 Å². The Bertz CT molecular complexity index is 1210. The third kappa shape index (κ3) is 6.98. The molecule has 0 atom stereocenters. The minimum Gasteiger partial charge on any atom is -0.406 e. The van der Waals surface area contributed by atoms with Crippen molar-refractivity contribution in [3.05, 3.63) is 89.5 Å². The molecule has 0 aliphatic heterocycles. The number of benzene rings is 3. The van der Waals surface area contributed by atoms with E-state index < -0.39 is 28.0 Å². The Labute approximate surface area is 189 Å². The Morgan fingerprint density at radius 3 is 2.03 bits per heavy atom. The molecule has 0 aromatic heterocycles. The summed E-state index contributed by atoms with van der Waals surface area (Å²) in [5.74, 6) is -0.908. The quantitative estimate of drug-likeness (QED) is 0.512. The van der Waals surface area contributed by atoms with Crippen LogP contribution in [0.1, 0.15) is 21.5 Å². The number of hydrogen-bond donors (Lipinski definition) is 1. The van der Waals surface area contributed by atoms with Crippen LogP contribution in [0.3, 0.4) is 0 Å². The number of aryl methyl sites for hydroxylation is 1. The highest BCUT2D eigenvalue weighted by atomic mass is 32.2. The van der Waals surface area contributed by atoms with E-state index >= 15 is 0 Å². The van der Waals surface area contributed by atoms with Gasteiger partial charge in [-0.15, -0.1) is 13.2 Å². The molecule has 0 saturated heterocycles. The zero-order valence-corrected chi connectivity index (χ0v) is 18.6. The van der Waals surface area contributed by atoms with Crippen LogP contribution in [-0.4, -0.2) is 26.9 Å². The Morgan fingerprint density at radius 1 is 0.939 bits per heavy atom. The van der Waals surface area contributed by atoms with Gasteiger partial charge in [-0.2, -0.15) is 0 Å². The van der Waals surface area contributed by atoms with Gasteiger partial charge in [-0.05, 0) is 61.0 Å². The molecule has 33 heavy (non-hydrogen) atoms. The van der Waals surface area contributed by atoms with E-state index in [-0.39, 0.29) is 17.8 Å². The van der Waals surface area contributed by atoms with Crippen molar-refractivity contribution in [2.75, 3.05) is 15.9 Å². The highest BCUT2D eigenvalue weighted by molar-refractivity contribution is 7.92. The summed E-state index contributed by atoms with van der Waals surface area (Å²) in [6, 6.07) is 18.2. The van der Waals surface area contributed by atoms with Crippen molar-refractivity contribution in [1.82, 2.24) is 0 Å². The number of halogens is 3. The summed E-state index contributed by atoms with van der Waals surface area (Å²) in [5.41, 5.74) is 2.78. The van der Waals surface area contributed by atoms with E-state index in [0.29, 0.717) is 5.69 Å². The van der Waals surface area contributed by atoms with Gasteiger partial charge in [-0.25, -0.2) is 8.42 Å². The van der Waals surface area contributed by atoms with Crippen molar-refractivity contribution < 1.29 is 31.1 Å². The number of rotatable bonds is 7. The van der Waals surface area contributed by atoms with Gasteiger partial charge in [0.1, 0.15) is 5.75 Å². The topological polar surface area (TPSA) is 75.7 Å². The number of carbonyl (C=O) groups excluding carboxylic acids is 1. The van der Waals surface area contributed by atoms with Crippen LogP contribution < -0.4 is 14.4 Å². The molecule has 6 nitrogen and oxygen atoms in total. The first kappa shape index (κ1) is 24.1. The van der Waals surface area contributed by atoms with Crippen molar-refractivity contribution in [3.63, 3.8) is 0 Å². The molecular weight excluding hydrogens is 457 g/mol. The lowest BCUT2D eigenvalue weighted by Crippen LogP contribution is -2.29. The van der Waals surface area contributed by atoms with Crippen LogP contribution in [0.5, 0.6) is 5.75 Å². The fraction of sp³-hybridized carbons (Fsp3) is 0.174. The smallest absolute Gasteiger partial charge is 0.406 e. The van der Waals surface area contributed by atoms with Gasteiger partial charge in [0.2, 0.25) is 10.0 Å². The standard InChI is InChI=1S/C23H21F3N2O4S/c1-16-3-5-17(6-4-16)15-28(33(2,30)31)20-11-7-18(8-12-20)22(29)27-19-9-13-21(14-10-19)32-23(24,25)26/h3-14H,15H2,1-2H3,(H,27,29). The Kier molecular flexibility index (Phi) is 6.97. The van der Waals surface area contributed by atoms with Gasteiger partial charge in [0.25, 0.3) is 5.91 Å². The van der Waals surface area contributed by atoms with Gasteiger partial charge in [0, 0.05) is 11.3 Å². The van der Waals surface area contributed by atoms with E-state index in [1.54, 1.807) is 0 Å². The molecule has 0 heterocycles. The second kappa shape index (κ2) is 9.53. The summed E-state index contributed by atoms with van der Waals surface area (Å²) in [6.07, 6.45) is -3.69. The number of ether oxygens (including phenoxy) is 1. The first-order chi connectivity index (χ1) is 15.4. The van der Waals surface area contributed by atoms with E-state index in [0.717, 1.165) is 29.5 Å². The summed E-state index contributed by atoms with van der Waals surface area (Å²) in [7, 11) is -3.58. The molecule has 1 amide bonds. The third-order valence-corrected chi connectivity index (χ3v) is 5.75. The zero-order valence-electron chi connectivity index (χ0n) is 17.8. The molecule has 0 bridgehead atoms. The second-order valence-corrected chi connectivity index (χ2v) is 9.24. The summed E-state index contributed by atoms with van der Waals surface area (Å²) >= 11 is 0. The van der Waals surface area contributed by atoms with E-state index in [2.05, 4.69) is 10.1 Å². The monoisotopic (exact) mass is 478 g/mol. The van der Waals surface area contributed by atoms with Gasteiger partial charge >= 0.3 is 6.36 Å². The van der Waals surface area contributed by atoms with Gasteiger partial charge < -0.3 is 10.1 Å². The van der Waals surface area contributed by atoms with Crippen LogP contribution in [-0.2, 0) is 16.6 Å². The fourth-order valence-electron chi connectivity index (χ4n) is 2.98. The lowest BCUT2D eigenvalue weighted by atomic mass is 10.1. The summed E-state index contributed by atoms with van der Waals surface area (Å²) in [4.78, 5) is 12.5. The predicted octanol–water partition coefficient (Wildman–Crippen LogP) is 5.11. The van der Waals surface area contributed by atoms with Crippen molar-refractivity contribution in [3.8, 4) is 5.75 Å². The lowest BCUT2D eigenvalue weighted by molar-refractivity contribution is -0.274. The number of hydrogen-bond acceptors (Lipinski definition) is 4. The summed E-state index contributed by atoms with van der Waals surface area (Å²) in [5, 5.41) is 2.56. The third-order valence-electron chi connectivity index (χ3n) is 4.61. The maximum absolute atomic E-state index is 12.5. The van der Waals surface area contributed by atoms with Gasteiger partial charge in [0.15, 0.2) is 0 Å². The minimum absolute atomic E-state index is 0.136. The molecular formula is C23H21F3N2O4S. The molecule has 0 radical (unpaired) electrons. The fourth-order valence-corrected chi connectivity index (χ4v) is 3.87. The average molecular weight is 478 g/mol. The second-order valence-electron chi connectivity index (χ2n) is 7.33. The van der Waals surface area contributed by atoms with Crippen molar-refractivity contribution in [2.24, 2.45) is 0 Å². The Hall–Kier alpha value is -3.53. The van der Waals surface area contributed by atoms with E-state index in [1.807, 2.05) is 31.2 Å². The molecule has 1 N–H and O–H groups in total. The van der Waals surface area contributed by atoms with Crippen molar-refractivity contribution in [2.45, 2.75) is 19.8 Å². The predicted molar refractivity (Wildman–Crippen MR) is 120 cm³/mol. The molecule has 0 aliphatic rings. The first-order valence-electron chi connectivity index (χ1n) is 9.71. The number of nitrogens with zero attached hydrogens (tertiary/aromatic N) is 1. The number of carbonyl (C=O) groups is 1. The molecule has 0 saturated carbocycles.